The monoisotopic (exact) mass is 402 g/mol. The highest BCUT2D eigenvalue weighted by atomic mass is 15.3. The molecule has 0 spiro atoms. The molecule has 3 aromatic heterocycles. The van der Waals surface area contributed by atoms with Gasteiger partial charge in [0.25, 0.3) is 0 Å². The normalized spacial score (nSPS) is 14.0. The minimum Gasteiger partial charge on any atom is -0.357 e. The standard InChI is InChI=1S/C20H22N10/c1-12-24-18(21-2)28-19(25-12)30-16-4-3-14(13-5-8-22-9-6-13)11-15(16)26-20(30)27-17-7-10-23-29-17/h3-5,7,10-11,22H,6,8-9H2,1-2H3,(H,21,24,25,28)(H2,23,26,27,29). The SMILES string of the molecule is CNc1nc(C)nc(-n2c(Nc3ccn[nH]3)nc3cc(C4=CCNCC4)ccc32)n1. The molecule has 0 bridgehead atoms. The lowest BCUT2D eigenvalue weighted by molar-refractivity contribution is 0.738. The number of hydrogen-bond acceptors (Lipinski definition) is 8. The molecule has 0 amide bonds. The number of anilines is 3. The molecule has 1 aliphatic heterocycles. The van der Waals surface area contributed by atoms with Gasteiger partial charge in [0, 0.05) is 19.7 Å². The van der Waals surface area contributed by atoms with Gasteiger partial charge in [-0.2, -0.15) is 20.1 Å². The van der Waals surface area contributed by atoms with E-state index in [-0.39, 0.29) is 0 Å². The van der Waals surface area contributed by atoms with E-state index < -0.39 is 0 Å². The number of nitrogens with zero attached hydrogens (tertiary/aromatic N) is 6. The van der Waals surface area contributed by atoms with Gasteiger partial charge in [-0.05, 0) is 43.2 Å². The van der Waals surface area contributed by atoms with Crippen LogP contribution in [0.4, 0.5) is 17.7 Å². The molecular formula is C20H22N10. The lowest BCUT2D eigenvalue weighted by atomic mass is 10.00. The Balaban J connectivity index is 1.68. The zero-order chi connectivity index (χ0) is 20.5. The van der Waals surface area contributed by atoms with Gasteiger partial charge in [-0.25, -0.2) is 9.55 Å². The van der Waals surface area contributed by atoms with Crippen molar-refractivity contribution in [2.45, 2.75) is 13.3 Å². The molecule has 0 atom stereocenters. The quantitative estimate of drug-likeness (QED) is 0.402. The average molecular weight is 402 g/mol. The fourth-order valence-corrected chi connectivity index (χ4v) is 3.58. The van der Waals surface area contributed by atoms with Crippen LogP contribution in [-0.4, -0.2) is 54.8 Å². The van der Waals surface area contributed by atoms with Crippen LogP contribution in [0.5, 0.6) is 0 Å². The molecule has 30 heavy (non-hydrogen) atoms. The summed E-state index contributed by atoms with van der Waals surface area (Å²) in [7, 11) is 1.79. The molecule has 0 saturated heterocycles. The molecule has 1 aromatic carbocycles. The Morgan fingerprint density at radius 3 is 2.80 bits per heavy atom. The third kappa shape index (κ3) is 3.37. The number of aromatic nitrogens is 7. The summed E-state index contributed by atoms with van der Waals surface area (Å²) in [5, 5.41) is 16.5. The van der Waals surface area contributed by atoms with Gasteiger partial charge in [-0.3, -0.25) is 5.10 Å². The van der Waals surface area contributed by atoms with Crippen LogP contribution in [0, 0.1) is 6.92 Å². The minimum atomic E-state index is 0.491. The molecule has 0 fully saturated rings. The Morgan fingerprint density at radius 2 is 2.03 bits per heavy atom. The van der Waals surface area contributed by atoms with Crippen molar-refractivity contribution in [3.8, 4) is 5.95 Å². The number of benzene rings is 1. The van der Waals surface area contributed by atoms with E-state index in [0.717, 1.165) is 36.4 Å². The van der Waals surface area contributed by atoms with Gasteiger partial charge >= 0.3 is 0 Å². The second kappa shape index (κ2) is 7.56. The Bertz CT molecular complexity index is 1220. The zero-order valence-electron chi connectivity index (χ0n) is 16.8. The number of H-pyrrole nitrogens is 1. The first-order valence-corrected chi connectivity index (χ1v) is 9.81. The van der Waals surface area contributed by atoms with E-state index in [1.807, 2.05) is 17.6 Å². The van der Waals surface area contributed by atoms with Gasteiger partial charge in [0.2, 0.25) is 17.8 Å². The van der Waals surface area contributed by atoms with Gasteiger partial charge in [-0.1, -0.05) is 12.1 Å². The lowest BCUT2D eigenvalue weighted by Gasteiger charge is -2.14. The maximum atomic E-state index is 4.84. The van der Waals surface area contributed by atoms with Crippen LogP contribution in [0.2, 0.25) is 0 Å². The maximum absolute atomic E-state index is 4.84. The number of imidazole rings is 1. The summed E-state index contributed by atoms with van der Waals surface area (Å²) in [6, 6.07) is 8.16. The summed E-state index contributed by atoms with van der Waals surface area (Å²) in [6.45, 7) is 3.72. The van der Waals surface area contributed by atoms with Crippen molar-refractivity contribution in [2.75, 3.05) is 30.8 Å². The molecule has 5 rings (SSSR count). The van der Waals surface area contributed by atoms with Crippen molar-refractivity contribution in [3.05, 3.63) is 47.9 Å². The molecule has 0 unspecified atom stereocenters. The fourth-order valence-electron chi connectivity index (χ4n) is 3.58. The number of rotatable bonds is 5. The van der Waals surface area contributed by atoms with E-state index >= 15 is 0 Å². The second-order valence-corrected chi connectivity index (χ2v) is 7.01. The Hall–Kier alpha value is -3.79. The van der Waals surface area contributed by atoms with Crippen LogP contribution in [-0.2, 0) is 0 Å². The van der Waals surface area contributed by atoms with Crippen LogP contribution in [0.15, 0.2) is 36.5 Å². The predicted octanol–water partition coefficient (Wildman–Crippen LogP) is 2.40. The molecule has 0 aliphatic carbocycles. The highest BCUT2D eigenvalue weighted by Crippen LogP contribution is 2.29. The summed E-state index contributed by atoms with van der Waals surface area (Å²) in [5.41, 5.74) is 4.28. The molecule has 0 saturated carbocycles. The van der Waals surface area contributed by atoms with Crippen LogP contribution < -0.4 is 16.0 Å². The first-order chi connectivity index (χ1) is 14.7. The van der Waals surface area contributed by atoms with Crippen molar-refractivity contribution in [1.82, 2.24) is 40.0 Å². The molecule has 0 radical (unpaired) electrons. The topological polar surface area (TPSA) is 121 Å². The predicted molar refractivity (Wildman–Crippen MR) is 116 cm³/mol. The fraction of sp³-hybridized carbons (Fsp3) is 0.250. The molecule has 4 N–H and O–H groups in total. The third-order valence-corrected chi connectivity index (χ3v) is 5.00. The van der Waals surface area contributed by atoms with Gasteiger partial charge in [0.05, 0.1) is 17.2 Å². The number of aryl methyl sites for hydroxylation is 1. The Morgan fingerprint density at radius 1 is 1.10 bits per heavy atom. The summed E-state index contributed by atoms with van der Waals surface area (Å²) < 4.78 is 1.90. The molecule has 10 nitrogen and oxygen atoms in total. The first-order valence-electron chi connectivity index (χ1n) is 9.81. The minimum absolute atomic E-state index is 0.491. The number of nitrogens with one attached hydrogen (secondary N) is 4. The highest BCUT2D eigenvalue weighted by Gasteiger charge is 2.18. The molecular weight excluding hydrogens is 380 g/mol. The van der Waals surface area contributed by atoms with Crippen molar-refractivity contribution in [2.24, 2.45) is 0 Å². The average Bonchev–Trinajstić information content (AvgIpc) is 3.41. The highest BCUT2D eigenvalue weighted by molar-refractivity contribution is 5.85. The molecule has 10 heteroatoms. The molecule has 1 aliphatic rings. The summed E-state index contributed by atoms with van der Waals surface area (Å²) in [6.07, 6.45) is 4.92. The maximum Gasteiger partial charge on any atom is 0.242 e. The number of aromatic amines is 1. The third-order valence-electron chi connectivity index (χ3n) is 5.00. The van der Waals surface area contributed by atoms with Crippen molar-refractivity contribution in [1.29, 1.82) is 0 Å². The molecule has 4 aromatic rings. The van der Waals surface area contributed by atoms with E-state index in [4.69, 9.17) is 4.98 Å². The summed E-state index contributed by atoms with van der Waals surface area (Å²) in [4.78, 5) is 18.3. The van der Waals surface area contributed by atoms with E-state index in [0.29, 0.717) is 23.7 Å². The second-order valence-electron chi connectivity index (χ2n) is 7.01. The number of fused-ring (bicyclic) bond motifs is 1. The van der Waals surface area contributed by atoms with Gasteiger partial charge in [0.1, 0.15) is 11.6 Å². The Kier molecular flexibility index (Phi) is 4.60. The van der Waals surface area contributed by atoms with Gasteiger partial charge < -0.3 is 16.0 Å². The van der Waals surface area contributed by atoms with Crippen molar-refractivity contribution < 1.29 is 0 Å². The Labute approximate surface area is 172 Å². The van der Waals surface area contributed by atoms with Crippen LogP contribution in [0.1, 0.15) is 17.8 Å². The smallest absolute Gasteiger partial charge is 0.242 e. The largest absolute Gasteiger partial charge is 0.357 e. The van der Waals surface area contributed by atoms with E-state index in [1.165, 1.54) is 11.1 Å². The summed E-state index contributed by atoms with van der Waals surface area (Å²) in [5.74, 6) is 2.94. The van der Waals surface area contributed by atoms with Crippen LogP contribution >= 0.6 is 0 Å². The van der Waals surface area contributed by atoms with Crippen LogP contribution in [0.3, 0.4) is 0 Å². The van der Waals surface area contributed by atoms with E-state index in [9.17, 15) is 0 Å². The molecule has 4 heterocycles. The summed E-state index contributed by atoms with van der Waals surface area (Å²) >= 11 is 0. The van der Waals surface area contributed by atoms with Gasteiger partial charge in [-0.15, -0.1) is 0 Å². The van der Waals surface area contributed by atoms with E-state index in [2.05, 4.69) is 65.4 Å². The zero-order valence-corrected chi connectivity index (χ0v) is 16.8. The first kappa shape index (κ1) is 18.3. The van der Waals surface area contributed by atoms with Crippen molar-refractivity contribution >= 4 is 34.3 Å². The van der Waals surface area contributed by atoms with Crippen LogP contribution in [0.25, 0.3) is 22.6 Å². The van der Waals surface area contributed by atoms with E-state index in [1.54, 1.807) is 13.2 Å². The lowest BCUT2D eigenvalue weighted by Crippen LogP contribution is -2.19. The number of hydrogen-bond donors (Lipinski definition) is 4. The van der Waals surface area contributed by atoms with Crippen molar-refractivity contribution in [3.63, 3.8) is 0 Å². The molecule has 152 valence electrons. The van der Waals surface area contributed by atoms with Gasteiger partial charge in [0.15, 0.2) is 0 Å².